The van der Waals surface area contributed by atoms with Crippen molar-refractivity contribution in [3.05, 3.63) is 53.6 Å². The van der Waals surface area contributed by atoms with Crippen LogP contribution in [0.5, 0.6) is 5.75 Å². The molecule has 0 aliphatic carbocycles. The summed E-state index contributed by atoms with van der Waals surface area (Å²) in [6.45, 7) is 0.148. The number of ether oxygens (including phenoxy) is 2. The van der Waals surface area contributed by atoms with E-state index in [-0.39, 0.29) is 17.0 Å². The molecule has 27 heavy (non-hydrogen) atoms. The summed E-state index contributed by atoms with van der Waals surface area (Å²) in [6.07, 6.45) is 0. The Morgan fingerprint density at radius 1 is 1.07 bits per heavy atom. The number of methoxy groups -OCH3 is 2. The molecule has 2 amide bonds. The number of sulfonamides is 1. The van der Waals surface area contributed by atoms with Crippen LogP contribution in [-0.4, -0.2) is 34.6 Å². The predicted molar refractivity (Wildman–Crippen MR) is 98.0 cm³/mol. The minimum atomic E-state index is -3.79. The molecule has 0 unspecified atom stereocenters. The van der Waals surface area contributed by atoms with Gasteiger partial charge in [-0.3, -0.25) is 0 Å². The molecular weight excluding hydrogens is 374 g/mol. The van der Waals surface area contributed by atoms with Gasteiger partial charge in [0.25, 0.3) is 0 Å². The zero-order valence-corrected chi connectivity index (χ0v) is 15.5. The van der Waals surface area contributed by atoms with Crippen molar-refractivity contribution in [2.24, 2.45) is 5.14 Å². The Kier molecular flexibility index (Phi) is 6.37. The minimum absolute atomic E-state index is 0.0537. The van der Waals surface area contributed by atoms with E-state index in [2.05, 4.69) is 10.6 Å². The molecule has 0 spiro atoms. The number of urea groups is 1. The normalized spacial score (nSPS) is 10.8. The Bertz CT molecular complexity index is 942. The standard InChI is InChI=1S/C17H19N3O6S/c1-25-15-8-3-11(9-14(15)16(21)26-2)10-19-17(22)20-12-4-6-13(7-5-12)27(18,23)24/h3-9H,10H2,1-2H3,(H2,18,23,24)(H2,19,20,22). The molecule has 0 saturated heterocycles. The van der Waals surface area contributed by atoms with Gasteiger partial charge in [0.05, 0.1) is 19.1 Å². The first-order valence-corrected chi connectivity index (χ1v) is 9.22. The summed E-state index contributed by atoms with van der Waals surface area (Å²) in [5.74, 6) is -0.182. The highest BCUT2D eigenvalue weighted by atomic mass is 32.2. The van der Waals surface area contributed by atoms with Gasteiger partial charge in [-0.05, 0) is 42.0 Å². The summed E-state index contributed by atoms with van der Waals surface area (Å²) in [5, 5.41) is 10.2. The average molecular weight is 393 g/mol. The first kappa shape index (κ1) is 20.2. The van der Waals surface area contributed by atoms with Crippen LogP contribution in [-0.2, 0) is 21.3 Å². The van der Waals surface area contributed by atoms with Crippen molar-refractivity contribution < 1.29 is 27.5 Å². The average Bonchev–Trinajstić information content (AvgIpc) is 2.65. The Labute approximate surface area is 156 Å². The van der Waals surface area contributed by atoms with E-state index in [4.69, 9.17) is 14.6 Å². The third-order valence-electron chi connectivity index (χ3n) is 3.56. The lowest BCUT2D eigenvalue weighted by atomic mass is 10.1. The molecule has 0 saturated carbocycles. The number of rotatable bonds is 6. The highest BCUT2D eigenvalue weighted by Gasteiger charge is 2.14. The van der Waals surface area contributed by atoms with Crippen molar-refractivity contribution in [1.82, 2.24) is 5.32 Å². The Morgan fingerprint density at radius 3 is 2.30 bits per heavy atom. The Hall–Kier alpha value is -3.11. The van der Waals surface area contributed by atoms with E-state index in [0.717, 1.165) is 0 Å². The molecule has 10 heteroatoms. The van der Waals surface area contributed by atoms with Gasteiger partial charge in [0, 0.05) is 12.2 Å². The van der Waals surface area contributed by atoms with Crippen LogP contribution in [0, 0.1) is 0 Å². The van der Waals surface area contributed by atoms with Crippen LogP contribution in [0.4, 0.5) is 10.5 Å². The fourth-order valence-corrected chi connectivity index (χ4v) is 2.74. The number of hydrogen-bond acceptors (Lipinski definition) is 6. The van der Waals surface area contributed by atoms with E-state index in [0.29, 0.717) is 17.0 Å². The topological polar surface area (TPSA) is 137 Å². The van der Waals surface area contributed by atoms with Gasteiger partial charge >= 0.3 is 12.0 Å². The summed E-state index contributed by atoms with van der Waals surface area (Å²) in [6, 6.07) is 9.78. The lowest BCUT2D eigenvalue weighted by molar-refractivity contribution is 0.0597. The predicted octanol–water partition coefficient (Wildman–Crippen LogP) is 1.45. The molecule has 0 radical (unpaired) electrons. The summed E-state index contributed by atoms with van der Waals surface area (Å²) in [4.78, 5) is 23.7. The molecule has 144 valence electrons. The van der Waals surface area contributed by atoms with E-state index < -0.39 is 22.0 Å². The number of benzene rings is 2. The molecule has 0 fully saturated rings. The summed E-state index contributed by atoms with van der Waals surface area (Å²) in [7, 11) is -1.09. The fourth-order valence-electron chi connectivity index (χ4n) is 2.22. The van der Waals surface area contributed by atoms with Gasteiger partial charge < -0.3 is 20.1 Å². The van der Waals surface area contributed by atoms with Crippen LogP contribution in [0.3, 0.4) is 0 Å². The van der Waals surface area contributed by atoms with Crippen LogP contribution in [0.1, 0.15) is 15.9 Å². The number of esters is 1. The second kappa shape index (κ2) is 8.52. The lowest BCUT2D eigenvalue weighted by Crippen LogP contribution is -2.28. The molecule has 2 rings (SSSR count). The number of anilines is 1. The molecule has 2 aromatic carbocycles. The quantitative estimate of drug-likeness (QED) is 0.635. The molecule has 0 atom stereocenters. The number of carbonyl (C=O) groups is 2. The number of nitrogens with one attached hydrogen (secondary N) is 2. The van der Waals surface area contributed by atoms with Crippen molar-refractivity contribution in [3.8, 4) is 5.75 Å². The Balaban J connectivity index is 2.00. The summed E-state index contributed by atoms with van der Waals surface area (Å²) >= 11 is 0. The van der Waals surface area contributed by atoms with Gasteiger partial charge in [-0.15, -0.1) is 0 Å². The maximum Gasteiger partial charge on any atom is 0.341 e. The maximum atomic E-state index is 12.0. The van der Waals surface area contributed by atoms with Crippen LogP contribution in [0.15, 0.2) is 47.4 Å². The molecule has 0 aromatic heterocycles. The monoisotopic (exact) mass is 393 g/mol. The van der Waals surface area contributed by atoms with Crippen molar-refractivity contribution in [2.45, 2.75) is 11.4 Å². The number of primary sulfonamides is 1. The van der Waals surface area contributed by atoms with Crippen molar-refractivity contribution in [3.63, 3.8) is 0 Å². The summed E-state index contributed by atoms with van der Waals surface area (Å²) in [5.41, 5.74) is 1.30. The van der Waals surface area contributed by atoms with Gasteiger partial charge in [0.1, 0.15) is 11.3 Å². The van der Waals surface area contributed by atoms with Gasteiger partial charge in [0.2, 0.25) is 10.0 Å². The van der Waals surface area contributed by atoms with Crippen LogP contribution in [0.25, 0.3) is 0 Å². The number of amides is 2. The third-order valence-corrected chi connectivity index (χ3v) is 4.49. The SMILES string of the molecule is COC(=O)c1cc(CNC(=O)Nc2ccc(S(N)(=O)=O)cc2)ccc1OC. The zero-order valence-electron chi connectivity index (χ0n) is 14.7. The molecule has 0 bridgehead atoms. The number of nitrogens with two attached hydrogens (primary N) is 1. The largest absolute Gasteiger partial charge is 0.496 e. The molecule has 0 aliphatic rings. The van der Waals surface area contributed by atoms with Crippen molar-refractivity contribution >= 4 is 27.7 Å². The van der Waals surface area contributed by atoms with Crippen LogP contribution >= 0.6 is 0 Å². The molecule has 2 aromatic rings. The lowest BCUT2D eigenvalue weighted by Gasteiger charge is -2.11. The second-order valence-corrected chi connectivity index (χ2v) is 6.96. The minimum Gasteiger partial charge on any atom is -0.496 e. The second-order valence-electron chi connectivity index (χ2n) is 5.40. The number of carbonyl (C=O) groups excluding carboxylic acids is 2. The molecule has 0 heterocycles. The van der Waals surface area contributed by atoms with Gasteiger partial charge in [-0.2, -0.15) is 0 Å². The van der Waals surface area contributed by atoms with Crippen LogP contribution in [0.2, 0.25) is 0 Å². The van der Waals surface area contributed by atoms with Crippen molar-refractivity contribution in [2.75, 3.05) is 19.5 Å². The van der Waals surface area contributed by atoms with Gasteiger partial charge in [-0.1, -0.05) is 6.07 Å². The molecular formula is C17H19N3O6S. The van der Waals surface area contributed by atoms with Gasteiger partial charge in [0.15, 0.2) is 0 Å². The first-order valence-electron chi connectivity index (χ1n) is 7.67. The fraction of sp³-hybridized carbons (Fsp3) is 0.176. The van der Waals surface area contributed by atoms with Gasteiger partial charge in [-0.25, -0.2) is 23.1 Å². The number of hydrogen-bond donors (Lipinski definition) is 3. The van der Waals surface area contributed by atoms with Crippen LogP contribution < -0.4 is 20.5 Å². The molecule has 0 aliphatic heterocycles. The Morgan fingerprint density at radius 2 is 1.74 bits per heavy atom. The smallest absolute Gasteiger partial charge is 0.341 e. The molecule has 4 N–H and O–H groups in total. The summed E-state index contributed by atoms with van der Waals surface area (Å²) < 4.78 is 32.2. The third kappa shape index (κ3) is 5.43. The van der Waals surface area contributed by atoms with E-state index >= 15 is 0 Å². The first-order chi connectivity index (χ1) is 12.7. The highest BCUT2D eigenvalue weighted by molar-refractivity contribution is 7.89. The van der Waals surface area contributed by atoms with E-state index in [1.807, 2.05) is 0 Å². The molecule has 9 nitrogen and oxygen atoms in total. The van der Waals surface area contributed by atoms with Crippen molar-refractivity contribution in [1.29, 1.82) is 0 Å². The maximum absolute atomic E-state index is 12.0. The highest BCUT2D eigenvalue weighted by Crippen LogP contribution is 2.21. The van der Waals surface area contributed by atoms with E-state index in [9.17, 15) is 18.0 Å². The van der Waals surface area contributed by atoms with E-state index in [1.54, 1.807) is 18.2 Å². The zero-order chi connectivity index (χ0) is 20.0. The van der Waals surface area contributed by atoms with E-state index in [1.165, 1.54) is 38.5 Å².